The Bertz CT molecular complexity index is 352. The minimum Gasteiger partial charge on any atom is -0.469 e. The number of aromatic nitrogens is 1. The number of ether oxygens (including phenoxy) is 1. The quantitative estimate of drug-likeness (QED) is 0.715. The normalized spacial score (nSPS) is 12.4. The van der Waals surface area contributed by atoms with E-state index in [2.05, 4.69) is 22.0 Å². The summed E-state index contributed by atoms with van der Waals surface area (Å²) in [4.78, 5) is 15.7. The first-order valence-electron chi connectivity index (χ1n) is 5.76. The van der Waals surface area contributed by atoms with Crippen LogP contribution in [0, 0.1) is 5.92 Å². The lowest BCUT2D eigenvalue weighted by atomic mass is 10.2. The lowest BCUT2D eigenvalue weighted by Gasteiger charge is -2.07. The Labute approximate surface area is 111 Å². The predicted octanol–water partition coefficient (Wildman–Crippen LogP) is 3.14. The summed E-state index contributed by atoms with van der Waals surface area (Å²) < 4.78 is 4.68. The molecule has 3 nitrogen and oxygen atoms in total. The maximum Gasteiger partial charge on any atom is 0.309 e. The van der Waals surface area contributed by atoms with Gasteiger partial charge in [0.2, 0.25) is 0 Å². The van der Waals surface area contributed by atoms with Crippen LogP contribution in [0.5, 0.6) is 0 Å². The Balaban J connectivity index is 2.28. The van der Waals surface area contributed by atoms with Crippen molar-refractivity contribution in [1.82, 2.24) is 4.98 Å². The average Bonchev–Trinajstić information content (AvgIpc) is 2.76. The molecule has 1 heterocycles. The van der Waals surface area contributed by atoms with Gasteiger partial charge in [-0.25, -0.2) is 4.98 Å². The van der Waals surface area contributed by atoms with Crippen LogP contribution in [0.15, 0.2) is 5.38 Å². The molecule has 0 aliphatic carbocycles. The summed E-state index contributed by atoms with van der Waals surface area (Å²) >= 11 is 3.46. The number of thiazole rings is 1. The highest BCUT2D eigenvalue weighted by Crippen LogP contribution is 2.19. The Morgan fingerprint density at radius 3 is 3.06 bits per heavy atom. The van der Waals surface area contributed by atoms with Gasteiger partial charge in [0.05, 0.1) is 23.7 Å². The number of carbonyl (C=O) groups excluding carboxylic acids is 1. The number of hydrogen-bond donors (Lipinski definition) is 0. The van der Waals surface area contributed by atoms with E-state index in [9.17, 15) is 4.79 Å². The largest absolute Gasteiger partial charge is 0.469 e. The lowest BCUT2D eigenvalue weighted by Crippen LogP contribution is -2.14. The standard InChI is InChI=1S/C12H19NO2S2/c1-4-5-11-13-10(8-17-11)7-16-6-9(2)12(14)15-3/h8-9H,4-7H2,1-3H3. The molecule has 1 unspecified atom stereocenters. The molecule has 0 amide bonds. The minimum atomic E-state index is -0.137. The summed E-state index contributed by atoms with van der Waals surface area (Å²) in [6.45, 7) is 4.05. The van der Waals surface area contributed by atoms with E-state index < -0.39 is 0 Å². The number of rotatable bonds is 7. The van der Waals surface area contributed by atoms with Crippen molar-refractivity contribution in [3.05, 3.63) is 16.1 Å². The first-order valence-corrected chi connectivity index (χ1v) is 7.79. The van der Waals surface area contributed by atoms with Gasteiger partial charge in [0.1, 0.15) is 0 Å². The Hall–Kier alpha value is -0.550. The van der Waals surface area contributed by atoms with Crippen LogP contribution in [0.3, 0.4) is 0 Å². The fourth-order valence-electron chi connectivity index (χ4n) is 1.35. The van der Waals surface area contributed by atoms with Crippen LogP contribution in [0.4, 0.5) is 0 Å². The van der Waals surface area contributed by atoms with Crippen molar-refractivity contribution in [3.63, 3.8) is 0 Å². The molecule has 0 aliphatic rings. The second-order valence-corrected chi connectivity index (χ2v) is 5.89. The maximum absolute atomic E-state index is 11.2. The molecule has 0 aromatic carbocycles. The molecule has 0 saturated heterocycles. The van der Waals surface area contributed by atoms with Gasteiger partial charge in [-0.2, -0.15) is 11.8 Å². The fraction of sp³-hybridized carbons (Fsp3) is 0.667. The van der Waals surface area contributed by atoms with Crippen LogP contribution < -0.4 is 0 Å². The lowest BCUT2D eigenvalue weighted by molar-refractivity contribution is -0.143. The molecule has 0 saturated carbocycles. The van der Waals surface area contributed by atoms with Crippen molar-refractivity contribution in [2.75, 3.05) is 12.9 Å². The van der Waals surface area contributed by atoms with Gasteiger partial charge in [-0.1, -0.05) is 13.8 Å². The van der Waals surface area contributed by atoms with Gasteiger partial charge in [-0.3, -0.25) is 4.79 Å². The highest BCUT2D eigenvalue weighted by molar-refractivity contribution is 7.98. The van der Waals surface area contributed by atoms with Gasteiger partial charge < -0.3 is 4.74 Å². The van der Waals surface area contributed by atoms with Crippen LogP contribution >= 0.6 is 23.1 Å². The van der Waals surface area contributed by atoms with Gasteiger partial charge in [0.25, 0.3) is 0 Å². The molecular formula is C12H19NO2S2. The maximum atomic E-state index is 11.2. The van der Waals surface area contributed by atoms with Crippen LogP contribution in [-0.4, -0.2) is 23.8 Å². The van der Waals surface area contributed by atoms with Crippen molar-refractivity contribution in [2.24, 2.45) is 5.92 Å². The predicted molar refractivity (Wildman–Crippen MR) is 73.5 cm³/mol. The summed E-state index contributed by atoms with van der Waals surface area (Å²) in [7, 11) is 1.43. The summed E-state index contributed by atoms with van der Waals surface area (Å²) in [5.41, 5.74) is 1.13. The summed E-state index contributed by atoms with van der Waals surface area (Å²) in [6.07, 6.45) is 2.20. The van der Waals surface area contributed by atoms with E-state index in [-0.39, 0.29) is 11.9 Å². The number of nitrogens with zero attached hydrogens (tertiary/aromatic N) is 1. The summed E-state index contributed by atoms with van der Waals surface area (Å²) in [5.74, 6) is 1.48. The molecule has 0 radical (unpaired) electrons. The van der Waals surface area contributed by atoms with Crippen LogP contribution in [0.2, 0.25) is 0 Å². The molecule has 1 aromatic rings. The highest BCUT2D eigenvalue weighted by Gasteiger charge is 2.13. The van der Waals surface area contributed by atoms with Crippen molar-refractivity contribution >= 4 is 29.1 Å². The molecule has 0 aliphatic heterocycles. The van der Waals surface area contributed by atoms with Crippen LogP contribution in [0.25, 0.3) is 0 Å². The molecule has 1 aromatic heterocycles. The number of esters is 1. The van der Waals surface area contributed by atoms with Crippen LogP contribution in [-0.2, 0) is 21.7 Å². The van der Waals surface area contributed by atoms with Crippen molar-refractivity contribution < 1.29 is 9.53 Å². The van der Waals surface area contributed by atoms with Crippen molar-refractivity contribution in [1.29, 1.82) is 0 Å². The monoisotopic (exact) mass is 273 g/mol. The van der Waals surface area contributed by atoms with E-state index in [0.29, 0.717) is 0 Å². The Morgan fingerprint density at radius 2 is 2.41 bits per heavy atom. The zero-order chi connectivity index (χ0) is 12.7. The molecule has 1 rings (SSSR count). The topological polar surface area (TPSA) is 39.2 Å². The second kappa shape index (κ2) is 7.71. The molecule has 0 bridgehead atoms. The van der Waals surface area contributed by atoms with E-state index in [4.69, 9.17) is 0 Å². The fourth-order valence-corrected chi connectivity index (χ4v) is 3.32. The molecular weight excluding hydrogens is 254 g/mol. The molecule has 0 fully saturated rings. The zero-order valence-corrected chi connectivity index (χ0v) is 12.2. The van der Waals surface area contributed by atoms with Crippen molar-refractivity contribution in [3.8, 4) is 0 Å². The Kier molecular flexibility index (Phi) is 6.58. The Morgan fingerprint density at radius 1 is 1.65 bits per heavy atom. The molecule has 0 spiro atoms. The SMILES string of the molecule is CCCc1nc(CSCC(C)C(=O)OC)cs1. The molecule has 1 atom stereocenters. The number of methoxy groups -OCH3 is 1. The number of carbonyl (C=O) groups is 1. The summed E-state index contributed by atoms with van der Waals surface area (Å²) in [5, 5.41) is 3.32. The number of thioether (sulfide) groups is 1. The number of hydrogen-bond acceptors (Lipinski definition) is 5. The van der Waals surface area contributed by atoms with Crippen molar-refractivity contribution in [2.45, 2.75) is 32.4 Å². The van der Waals surface area contributed by atoms with Gasteiger partial charge in [0, 0.05) is 16.9 Å². The van der Waals surface area contributed by atoms with E-state index in [1.165, 1.54) is 12.1 Å². The third kappa shape index (κ3) is 5.08. The molecule has 17 heavy (non-hydrogen) atoms. The van der Waals surface area contributed by atoms with Gasteiger partial charge in [-0.05, 0) is 12.8 Å². The first kappa shape index (κ1) is 14.5. The minimum absolute atomic E-state index is 0.0428. The second-order valence-electron chi connectivity index (χ2n) is 3.92. The molecule has 5 heteroatoms. The van der Waals surface area contributed by atoms with Gasteiger partial charge >= 0.3 is 5.97 Å². The number of aryl methyl sites for hydroxylation is 1. The third-order valence-corrected chi connectivity index (χ3v) is 4.48. The average molecular weight is 273 g/mol. The van der Waals surface area contributed by atoms with Gasteiger partial charge in [-0.15, -0.1) is 11.3 Å². The van der Waals surface area contributed by atoms with Gasteiger partial charge in [0.15, 0.2) is 0 Å². The summed E-state index contributed by atoms with van der Waals surface area (Å²) in [6, 6.07) is 0. The highest BCUT2D eigenvalue weighted by atomic mass is 32.2. The van der Waals surface area contributed by atoms with E-state index in [1.807, 2.05) is 6.92 Å². The van der Waals surface area contributed by atoms with Crippen LogP contribution in [0.1, 0.15) is 31.0 Å². The van der Waals surface area contributed by atoms with E-state index in [0.717, 1.165) is 30.0 Å². The third-order valence-electron chi connectivity index (χ3n) is 2.28. The van der Waals surface area contributed by atoms with E-state index in [1.54, 1.807) is 23.1 Å². The smallest absolute Gasteiger partial charge is 0.309 e. The molecule has 0 N–H and O–H groups in total. The zero-order valence-electron chi connectivity index (χ0n) is 10.6. The molecule has 96 valence electrons. The first-order chi connectivity index (χ1) is 8.17. The van der Waals surface area contributed by atoms with E-state index >= 15 is 0 Å².